The molecular formula is C18H18O4S2. The van der Waals surface area contributed by atoms with Crippen molar-refractivity contribution in [2.45, 2.75) is 27.7 Å². The maximum Gasteiger partial charge on any atom is 0.339 e. The van der Waals surface area contributed by atoms with Gasteiger partial charge in [0.05, 0.1) is 34.7 Å². The van der Waals surface area contributed by atoms with E-state index in [1.54, 1.807) is 22.7 Å². The third-order valence-electron chi connectivity index (χ3n) is 4.51. The lowest BCUT2D eigenvalue weighted by molar-refractivity contribution is 0.0559. The first-order valence-corrected chi connectivity index (χ1v) is 9.08. The normalized spacial score (nSPS) is 11.2. The molecule has 24 heavy (non-hydrogen) atoms. The Hall–Kier alpha value is -1.92. The molecule has 0 amide bonds. The summed E-state index contributed by atoms with van der Waals surface area (Å²) in [5.41, 5.74) is 2.64. The van der Waals surface area contributed by atoms with Gasteiger partial charge in [0.15, 0.2) is 0 Å². The van der Waals surface area contributed by atoms with Crippen LogP contribution >= 0.6 is 22.7 Å². The van der Waals surface area contributed by atoms with Gasteiger partial charge >= 0.3 is 11.9 Å². The van der Waals surface area contributed by atoms with Gasteiger partial charge in [-0.2, -0.15) is 0 Å². The Morgan fingerprint density at radius 3 is 1.33 bits per heavy atom. The first kappa shape index (κ1) is 16.9. The van der Waals surface area contributed by atoms with Crippen LogP contribution in [0, 0.1) is 27.7 Å². The minimum Gasteiger partial charge on any atom is -0.465 e. The number of esters is 2. The number of carbonyl (C=O) groups excluding carboxylic acids is 2. The third kappa shape index (κ3) is 2.17. The fourth-order valence-electron chi connectivity index (χ4n) is 3.04. The lowest BCUT2D eigenvalue weighted by Crippen LogP contribution is -2.13. The number of hydrogen-bond donors (Lipinski definition) is 0. The van der Waals surface area contributed by atoms with Crippen molar-refractivity contribution in [1.29, 1.82) is 0 Å². The predicted molar refractivity (Wildman–Crippen MR) is 98.8 cm³/mol. The van der Waals surface area contributed by atoms with Crippen molar-refractivity contribution >= 4 is 54.8 Å². The van der Waals surface area contributed by atoms with Crippen LogP contribution in [0.15, 0.2) is 0 Å². The minimum absolute atomic E-state index is 0.314. The molecule has 0 aliphatic heterocycles. The molecule has 0 saturated carbocycles. The highest BCUT2D eigenvalue weighted by atomic mass is 32.1. The second-order valence-corrected chi connectivity index (χ2v) is 8.16. The van der Waals surface area contributed by atoms with E-state index in [0.29, 0.717) is 11.1 Å². The molecule has 0 spiro atoms. The van der Waals surface area contributed by atoms with Crippen LogP contribution in [0.5, 0.6) is 0 Å². The van der Waals surface area contributed by atoms with Gasteiger partial charge in [0.1, 0.15) is 0 Å². The van der Waals surface area contributed by atoms with Crippen LogP contribution in [0.2, 0.25) is 0 Å². The van der Waals surface area contributed by atoms with Gasteiger partial charge in [-0.3, -0.25) is 0 Å². The summed E-state index contributed by atoms with van der Waals surface area (Å²) in [5, 5.41) is 1.61. The van der Waals surface area contributed by atoms with Crippen LogP contribution < -0.4 is 0 Å². The first-order chi connectivity index (χ1) is 11.3. The summed E-state index contributed by atoms with van der Waals surface area (Å²) < 4.78 is 12.1. The number of hydrogen-bond acceptors (Lipinski definition) is 6. The quantitative estimate of drug-likeness (QED) is 0.607. The van der Waals surface area contributed by atoms with E-state index >= 15 is 0 Å². The van der Waals surface area contributed by atoms with Gasteiger partial charge in [-0.1, -0.05) is 0 Å². The molecule has 2 heterocycles. The van der Waals surface area contributed by atoms with Crippen molar-refractivity contribution in [3.05, 3.63) is 32.0 Å². The zero-order chi connectivity index (χ0) is 17.8. The molecule has 0 fully saturated rings. The van der Waals surface area contributed by atoms with Gasteiger partial charge in [0, 0.05) is 20.5 Å². The average molecular weight is 362 g/mol. The van der Waals surface area contributed by atoms with E-state index in [-0.39, 0.29) is 0 Å². The van der Waals surface area contributed by atoms with Gasteiger partial charge in [0.2, 0.25) is 0 Å². The summed E-state index contributed by atoms with van der Waals surface area (Å²) in [6.45, 7) is 8.00. The molecule has 0 atom stereocenters. The van der Waals surface area contributed by atoms with Gasteiger partial charge < -0.3 is 9.47 Å². The number of carbonyl (C=O) groups is 2. The molecule has 0 radical (unpaired) electrons. The molecule has 0 unspecified atom stereocenters. The molecule has 6 heteroatoms. The SMILES string of the molecule is COC(=O)c1c(C(=O)OC)c2c(C)c(C)sc2c2sc(C)c(C)c12. The fraction of sp³-hybridized carbons (Fsp3) is 0.333. The molecule has 3 rings (SSSR count). The molecule has 126 valence electrons. The van der Waals surface area contributed by atoms with Gasteiger partial charge in [-0.05, 0) is 38.8 Å². The number of ether oxygens (including phenoxy) is 2. The monoisotopic (exact) mass is 362 g/mol. The summed E-state index contributed by atoms with van der Waals surface area (Å²) >= 11 is 3.30. The first-order valence-electron chi connectivity index (χ1n) is 7.45. The van der Waals surface area contributed by atoms with E-state index in [0.717, 1.165) is 41.1 Å². The third-order valence-corrected chi connectivity index (χ3v) is 7.08. The van der Waals surface area contributed by atoms with Crippen LogP contribution in [0.3, 0.4) is 0 Å². The van der Waals surface area contributed by atoms with Crippen LogP contribution in [-0.4, -0.2) is 26.2 Å². The number of benzene rings is 1. The summed E-state index contributed by atoms with van der Waals surface area (Å²) in [6, 6.07) is 0. The van der Waals surface area contributed by atoms with Crippen molar-refractivity contribution in [1.82, 2.24) is 0 Å². The maximum absolute atomic E-state index is 12.6. The van der Waals surface area contributed by atoms with Gasteiger partial charge in [-0.25, -0.2) is 9.59 Å². The number of rotatable bonds is 2. The molecule has 0 saturated heterocycles. The van der Waals surface area contributed by atoms with Crippen molar-refractivity contribution in [2.24, 2.45) is 0 Å². The zero-order valence-corrected chi connectivity index (χ0v) is 16.1. The number of thiophene rings is 2. The Labute approximate surface area is 148 Å². The highest BCUT2D eigenvalue weighted by molar-refractivity contribution is 7.27. The molecule has 0 aliphatic carbocycles. The molecule has 1 aromatic carbocycles. The second kappa shape index (κ2) is 5.86. The molecule has 3 aromatic rings. The Morgan fingerprint density at radius 1 is 0.708 bits per heavy atom. The Kier molecular flexibility index (Phi) is 4.13. The van der Waals surface area contributed by atoms with E-state index in [1.165, 1.54) is 14.2 Å². The molecule has 0 bridgehead atoms. The second-order valence-electron chi connectivity index (χ2n) is 5.71. The number of fused-ring (bicyclic) bond motifs is 3. The van der Waals surface area contributed by atoms with E-state index in [9.17, 15) is 9.59 Å². The molecular weight excluding hydrogens is 344 g/mol. The van der Waals surface area contributed by atoms with Gasteiger partial charge in [0.25, 0.3) is 0 Å². The van der Waals surface area contributed by atoms with Crippen LogP contribution in [-0.2, 0) is 9.47 Å². The zero-order valence-electron chi connectivity index (χ0n) is 14.4. The smallest absolute Gasteiger partial charge is 0.339 e. The highest BCUT2D eigenvalue weighted by Gasteiger charge is 2.30. The number of aryl methyl sites for hydroxylation is 4. The lowest BCUT2D eigenvalue weighted by Gasteiger charge is -2.12. The lowest BCUT2D eigenvalue weighted by atomic mass is 9.95. The summed E-state index contributed by atoms with van der Waals surface area (Å²) in [7, 11) is 2.67. The molecule has 4 nitrogen and oxygen atoms in total. The van der Waals surface area contributed by atoms with Crippen LogP contribution in [0.4, 0.5) is 0 Å². The minimum atomic E-state index is -0.508. The van der Waals surface area contributed by atoms with E-state index in [4.69, 9.17) is 9.47 Å². The highest BCUT2D eigenvalue weighted by Crippen LogP contribution is 2.46. The van der Waals surface area contributed by atoms with E-state index in [1.807, 2.05) is 27.7 Å². The van der Waals surface area contributed by atoms with Crippen LogP contribution in [0.1, 0.15) is 41.6 Å². The Bertz CT molecular complexity index is 926. The summed E-state index contributed by atoms with van der Waals surface area (Å²) in [4.78, 5) is 27.4. The van der Waals surface area contributed by atoms with Crippen molar-refractivity contribution in [3.8, 4) is 0 Å². The van der Waals surface area contributed by atoms with Crippen molar-refractivity contribution < 1.29 is 19.1 Å². The van der Waals surface area contributed by atoms with Crippen molar-refractivity contribution in [2.75, 3.05) is 14.2 Å². The van der Waals surface area contributed by atoms with Crippen molar-refractivity contribution in [3.63, 3.8) is 0 Å². The fourth-order valence-corrected chi connectivity index (χ4v) is 5.51. The molecule has 0 N–H and O–H groups in total. The molecule has 2 aromatic heterocycles. The largest absolute Gasteiger partial charge is 0.465 e. The Morgan fingerprint density at radius 2 is 1.04 bits per heavy atom. The van der Waals surface area contributed by atoms with Crippen LogP contribution in [0.25, 0.3) is 20.2 Å². The van der Waals surface area contributed by atoms with Gasteiger partial charge in [-0.15, -0.1) is 22.7 Å². The summed E-state index contributed by atoms with van der Waals surface area (Å²) in [6.07, 6.45) is 0. The standard InChI is InChI=1S/C18H18O4S2/c1-7-9(3)23-15-11(7)13(17(19)21-5)14(18(20)22-6)12-8(2)10(4)24-16(12)15/h1-6H3. The average Bonchev–Trinajstić information content (AvgIpc) is 3.03. The Balaban J connectivity index is 2.70. The van der Waals surface area contributed by atoms with E-state index < -0.39 is 11.9 Å². The maximum atomic E-state index is 12.6. The predicted octanol–water partition coefficient (Wildman–Crippen LogP) is 4.92. The number of methoxy groups -OCH3 is 2. The molecule has 0 aliphatic rings. The van der Waals surface area contributed by atoms with E-state index in [2.05, 4.69) is 0 Å². The summed E-state index contributed by atoms with van der Waals surface area (Å²) in [5.74, 6) is -1.02. The topological polar surface area (TPSA) is 52.6 Å².